The van der Waals surface area contributed by atoms with E-state index >= 15 is 0 Å². The molecule has 0 spiro atoms. The first-order chi connectivity index (χ1) is 12.7. The molecule has 26 heavy (non-hydrogen) atoms. The minimum absolute atomic E-state index is 0.0378. The molecule has 2 atom stereocenters. The number of rotatable bonds is 3. The molecular weight excluding hydrogens is 322 g/mol. The van der Waals surface area contributed by atoms with Crippen molar-refractivity contribution in [2.24, 2.45) is 17.8 Å². The molecule has 2 aromatic heterocycles. The monoisotopic (exact) mass is 341 g/mol. The van der Waals surface area contributed by atoms with Crippen LogP contribution in [0.1, 0.15) is 29.6 Å². The van der Waals surface area contributed by atoms with Gasteiger partial charge in [-0.2, -0.15) is 0 Å². The zero-order chi connectivity index (χ0) is 17.3. The topological polar surface area (TPSA) is 54.9 Å². The van der Waals surface area contributed by atoms with E-state index in [0.29, 0.717) is 5.56 Å². The van der Waals surface area contributed by atoms with Gasteiger partial charge in [-0.3, -0.25) is 9.78 Å². The number of carbonyl (C=O) groups excluding carboxylic acids is 1. The fourth-order valence-electron chi connectivity index (χ4n) is 5.64. The maximum atomic E-state index is 13.2. The lowest BCUT2D eigenvalue weighted by Crippen LogP contribution is -2.37. The standard InChI is InChI=1S/C22H19N3O/c26-21(25-22-12-13-9-16(22)17(22)10-13)15-11-20(19-7-3-4-8-23-19)24-18-6-2-1-5-14(15)18/h1-8,11,13,16-17H,9-10,12H2,(H,25,26). The highest BCUT2D eigenvalue weighted by molar-refractivity contribution is 6.07. The van der Waals surface area contributed by atoms with E-state index in [9.17, 15) is 4.79 Å². The van der Waals surface area contributed by atoms with Crippen molar-refractivity contribution < 1.29 is 4.79 Å². The second kappa shape index (κ2) is 4.91. The van der Waals surface area contributed by atoms with Crippen molar-refractivity contribution in [2.75, 3.05) is 0 Å². The van der Waals surface area contributed by atoms with Gasteiger partial charge in [-0.05, 0) is 61.3 Å². The molecule has 4 fully saturated rings. The van der Waals surface area contributed by atoms with Crippen LogP contribution in [0.5, 0.6) is 0 Å². The van der Waals surface area contributed by atoms with E-state index in [2.05, 4.69) is 10.3 Å². The molecule has 4 heteroatoms. The lowest BCUT2D eigenvalue weighted by Gasteiger charge is -2.16. The van der Waals surface area contributed by atoms with Gasteiger partial charge < -0.3 is 5.32 Å². The summed E-state index contributed by atoms with van der Waals surface area (Å²) in [7, 11) is 0. The molecule has 2 unspecified atom stereocenters. The number of amides is 1. The molecule has 4 nitrogen and oxygen atoms in total. The molecule has 0 saturated heterocycles. The maximum Gasteiger partial charge on any atom is 0.252 e. The van der Waals surface area contributed by atoms with E-state index in [0.717, 1.165) is 40.0 Å². The Balaban J connectivity index is 1.44. The predicted octanol–water partition coefficient (Wildman–Crippen LogP) is 3.83. The number of carbonyl (C=O) groups is 1. The molecule has 0 radical (unpaired) electrons. The summed E-state index contributed by atoms with van der Waals surface area (Å²) in [5, 5.41) is 4.33. The molecular formula is C22H19N3O. The first-order valence-corrected chi connectivity index (χ1v) is 9.38. The fourth-order valence-corrected chi connectivity index (χ4v) is 5.64. The smallest absolute Gasteiger partial charge is 0.252 e. The summed E-state index contributed by atoms with van der Waals surface area (Å²) in [6.07, 6.45) is 5.54. The molecule has 4 aliphatic rings. The SMILES string of the molecule is O=C(NC12CC3CC1C2C3)c1cc(-c2ccccn2)nc2ccccc12. The molecule has 7 rings (SSSR count). The lowest BCUT2D eigenvalue weighted by atomic mass is 10.0. The van der Waals surface area contributed by atoms with Gasteiger partial charge in [0.1, 0.15) is 0 Å². The normalized spacial score (nSPS) is 30.5. The van der Waals surface area contributed by atoms with E-state index in [1.54, 1.807) is 6.20 Å². The van der Waals surface area contributed by atoms with Crippen molar-refractivity contribution >= 4 is 16.8 Å². The Kier molecular flexibility index (Phi) is 2.72. The Morgan fingerprint density at radius 2 is 1.85 bits per heavy atom. The molecule has 1 N–H and O–H groups in total. The van der Waals surface area contributed by atoms with Crippen LogP contribution in [0, 0.1) is 17.8 Å². The van der Waals surface area contributed by atoms with Gasteiger partial charge in [0.15, 0.2) is 0 Å². The number of benzene rings is 1. The van der Waals surface area contributed by atoms with E-state index in [1.807, 2.05) is 48.5 Å². The van der Waals surface area contributed by atoms with Crippen molar-refractivity contribution in [3.05, 3.63) is 60.3 Å². The zero-order valence-electron chi connectivity index (χ0n) is 14.4. The van der Waals surface area contributed by atoms with Crippen molar-refractivity contribution in [3.8, 4) is 11.4 Å². The molecule has 3 aromatic rings. The number of hydrogen-bond donors (Lipinski definition) is 1. The Morgan fingerprint density at radius 1 is 1.04 bits per heavy atom. The minimum Gasteiger partial charge on any atom is -0.346 e. The summed E-state index contributed by atoms with van der Waals surface area (Å²) in [5.74, 6) is 2.32. The van der Waals surface area contributed by atoms with Gasteiger partial charge in [-0.25, -0.2) is 4.98 Å². The number of nitrogens with zero attached hydrogens (tertiary/aromatic N) is 2. The van der Waals surface area contributed by atoms with Crippen molar-refractivity contribution in [1.29, 1.82) is 0 Å². The quantitative estimate of drug-likeness (QED) is 0.788. The van der Waals surface area contributed by atoms with E-state index in [4.69, 9.17) is 4.98 Å². The second-order valence-electron chi connectivity index (χ2n) is 8.04. The van der Waals surface area contributed by atoms with Crippen molar-refractivity contribution in [1.82, 2.24) is 15.3 Å². The van der Waals surface area contributed by atoms with Gasteiger partial charge in [-0.1, -0.05) is 24.3 Å². The van der Waals surface area contributed by atoms with Crippen LogP contribution in [0.3, 0.4) is 0 Å². The number of para-hydroxylation sites is 1. The van der Waals surface area contributed by atoms with Gasteiger partial charge in [0.2, 0.25) is 0 Å². The highest BCUT2D eigenvalue weighted by atomic mass is 16.1. The van der Waals surface area contributed by atoms with Crippen LogP contribution in [0.4, 0.5) is 0 Å². The number of pyridine rings is 2. The van der Waals surface area contributed by atoms with Crippen LogP contribution in [-0.4, -0.2) is 21.4 Å². The Morgan fingerprint density at radius 3 is 2.58 bits per heavy atom. The number of hydrogen-bond acceptors (Lipinski definition) is 3. The van der Waals surface area contributed by atoms with Gasteiger partial charge in [0.05, 0.1) is 22.5 Å². The summed E-state index contributed by atoms with van der Waals surface area (Å²) in [6, 6.07) is 15.5. The predicted molar refractivity (Wildman–Crippen MR) is 99.5 cm³/mol. The molecule has 4 bridgehead atoms. The fraction of sp³-hybridized carbons (Fsp3) is 0.318. The van der Waals surface area contributed by atoms with Gasteiger partial charge in [-0.15, -0.1) is 0 Å². The number of nitrogens with one attached hydrogen (secondary N) is 1. The third kappa shape index (κ3) is 1.87. The minimum atomic E-state index is 0.0378. The third-order valence-corrected chi connectivity index (χ3v) is 6.74. The van der Waals surface area contributed by atoms with Crippen molar-refractivity contribution in [2.45, 2.75) is 24.8 Å². The maximum absolute atomic E-state index is 13.2. The zero-order valence-corrected chi connectivity index (χ0v) is 14.4. The van der Waals surface area contributed by atoms with Gasteiger partial charge >= 0.3 is 0 Å². The third-order valence-electron chi connectivity index (χ3n) is 6.74. The van der Waals surface area contributed by atoms with E-state index in [-0.39, 0.29) is 11.4 Å². The van der Waals surface area contributed by atoms with Crippen LogP contribution < -0.4 is 5.32 Å². The van der Waals surface area contributed by atoms with E-state index < -0.39 is 0 Å². The summed E-state index contributed by atoms with van der Waals surface area (Å²) >= 11 is 0. The molecule has 1 amide bonds. The van der Waals surface area contributed by atoms with Gasteiger partial charge in [0.25, 0.3) is 5.91 Å². The van der Waals surface area contributed by atoms with E-state index in [1.165, 1.54) is 19.3 Å². The average Bonchev–Trinajstić information content (AvgIpc) is 3.12. The summed E-state index contributed by atoms with van der Waals surface area (Å²) in [5.41, 5.74) is 3.17. The summed E-state index contributed by atoms with van der Waals surface area (Å²) in [6.45, 7) is 0. The molecule has 1 aromatic carbocycles. The second-order valence-corrected chi connectivity index (χ2v) is 8.04. The summed E-state index contributed by atoms with van der Waals surface area (Å²) in [4.78, 5) is 22.4. The van der Waals surface area contributed by atoms with Crippen LogP contribution >= 0.6 is 0 Å². The molecule has 4 saturated carbocycles. The van der Waals surface area contributed by atoms with Crippen molar-refractivity contribution in [3.63, 3.8) is 0 Å². The van der Waals surface area contributed by atoms with Gasteiger partial charge in [0, 0.05) is 17.1 Å². The highest BCUT2D eigenvalue weighted by Gasteiger charge is 2.75. The molecule has 0 aliphatic heterocycles. The van der Waals surface area contributed by atoms with Crippen LogP contribution in [-0.2, 0) is 0 Å². The first kappa shape index (κ1) is 14.4. The molecule has 4 aliphatic carbocycles. The number of fused-ring (bicyclic) bond motifs is 1. The lowest BCUT2D eigenvalue weighted by molar-refractivity contribution is 0.0930. The average molecular weight is 341 g/mol. The Bertz CT molecular complexity index is 1030. The first-order valence-electron chi connectivity index (χ1n) is 9.38. The van der Waals surface area contributed by atoms with Crippen LogP contribution in [0.2, 0.25) is 0 Å². The highest BCUT2D eigenvalue weighted by Crippen LogP contribution is 2.73. The number of aromatic nitrogens is 2. The largest absolute Gasteiger partial charge is 0.346 e. The Labute approximate surface area is 151 Å². The Hall–Kier alpha value is -2.75. The summed E-state index contributed by atoms with van der Waals surface area (Å²) < 4.78 is 0. The van der Waals surface area contributed by atoms with Crippen LogP contribution in [0.15, 0.2) is 54.7 Å². The van der Waals surface area contributed by atoms with Crippen LogP contribution in [0.25, 0.3) is 22.3 Å². The molecule has 128 valence electrons. The molecule has 2 heterocycles.